The van der Waals surface area contributed by atoms with Crippen LogP contribution >= 0.6 is 0 Å². The number of anilines is 1. The van der Waals surface area contributed by atoms with E-state index >= 15 is 0 Å². The first-order chi connectivity index (χ1) is 9.69. The number of hydrogen-bond donors (Lipinski definition) is 2. The number of nitrogens with one attached hydrogen (secondary N) is 1. The predicted octanol–water partition coefficient (Wildman–Crippen LogP) is 1.88. The van der Waals surface area contributed by atoms with E-state index in [1.165, 1.54) is 7.11 Å². The van der Waals surface area contributed by atoms with Crippen molar-refractivity contribution in [2.45, 2.75) is 19.3 Å². The fraction of sp³-hybridized carbons (Fsp3) is 0.467. The summed E-state index contributed by atoms with van der Waals surface area (Å²) in [5, 5.41) is 11.8. The van der Waals surface area contributed by atoms with Crippen LogP contribution in [0, 0.1) is 23.2 Å². The Morgan fingerprint density at radius 3 is 3.00 bits per heavy atom. The molecule has 0 radical (unpaired) electrons. The molecular weight excluding hydrogens is 254 g/mol. The zero-order valence-electron chi connectivity index (χ0n) is 11.6. The van der Waals surface area contributed by atoms with Crippen molar-refractivity contribution in [3.05, 3.63) is 23.8 Å². The first-order valence-corrected chi connectivity index (χ1v) is 6.78. The van der Waals surface area contributed by atoms with E-state index in [1.807, 2.05) is 6.07 Å². The quantitative estimate of drug-likeness (QED) is 0.876. The van der Waals surface area contributed by atoms with Gasteiger partial charge in [-0.15, -0.1) is 0 Å². The summed E-state index contributed by atoms with van der Waals surface area (Å²) in [6, 6.07) is 7.02. The van der Waals surface area contributed by atoms with Gasteiger partial charge in [-0.1, -0.05) is 6.42 Å². The number of hydrogen-bond acceptors (Lipinski definition) is 4. The number of nitrogens with two attached hydrogens (primary N) is 1. The number of nitriles is 1. The SMILES string of the molecule is COc1cc(C#N)ccc1NC(=O)C1CCCC1CN. The number of nitrogens with zero attached hydrogens (tertiary/aromatic N) is 1. The van der Waals surface area contributed by atoms with Crippen LogP contribution in [0.5, 0.6) is 5.75 Å². The Bertz CT molecular complexity index is 536. The van der Waals surface area contributed by atoms with E-state index in [9.17, 15) is 4.79 Å². The number of benzene rings is 1. The van der Waals surface area contributed by atoms with Crippen LogP contribution in [-0.4, -0.2) is 19.6 Å². The summed E-state index contributed by atoms with van der Waals surface area (Å²) in [6.45, 7) is 0.544. The summed E-state index contributed by atoms with van der Waals surface area (Å²) in [4.78, 5) is 12.3. The van der Waals surface area contributed by atoms with Crippen molar-refractivity contribution in [2.24, 2.45) is 17.6 Å². The van der Waals surface area contributed by atoms with Crippen molar-refractivity contribution in [1.82, 2.24) is 0 Å². The Hall–Kier alpha value is -2.06. The molecule has 0 spiro atoms. The molecule has 0 aliphatic heterocycles. The minimum absolute atomic E-state index is 0.0130. The van der Waals surface area contributed by atoms with Crippen molar-refractivity contribution in [1.29, 1.82) is 5.26 Å². The second kappa shape index (κ2) is 6.40. The Morgan fingerprint density at radius 2 is 2.35 bits per heavy atom. The molecule has 1 amide bonds. The molecule has 1 aromatic rings. The Balaban J connectivity index is 2.13. The number of carbonyl (C=O) groups excluding carboxylic acids is 1. The largest absolute Gasteiger partial charge is 0.495 e. The molecule has 1 saturated carbocycles. The van der Waals surface area contributed by atoms with Gasteiger partial charge in [0.15, 0.2) is 0 Å². The van der Waals surface area contributed by atoms with Gasteiger partial charge in [-0.3, -0.25) is 4.79 Å². The number of rotatable bonds is 4. The minimum Gasteiger partial charge on any atom is -0.495 e. The summed E-state index contributed by atoms with van der Waals surface area (Å²) in [5.74, 6) is 0.723. The second-order valence-electron chi connectivity index (χ2n) is 5.05. The van der Waals surface area contributed by atoms with Gasteiger partial charge in [0.2, 0.25) is 5.91 Å². The van der Waals surface area contributed by atoms with Crippen LogP contribution in [0.2, 0.25) is 0 Å². The molecule has 0 bridgehead atoms. The number of ether oxygens (including phenoxy) is 1. The first kappa shape index (κ1) is 14.4. The van der Waals surface area contributed by atoms with E-state index in [0.717, 1.165) is 19.3 Å². The Labute approximate surface area is 118 Å². The van der Waals surface area contributed by atoms with E-state index in [2.05, 4.69) is 5.32 Å². The molecule has 0 heterocycles. The summed E-state index contributed by atoms with van der Waals surface area (Å²) >= 11 is 0. The van der Waals surface area contributed by atoms with Crippen molar-refractivity contribution in [3.63, 3.8) is 0 Å². The maximum absolute atomic E-state index is 12.3. The highest BCUT2D eigenvalue weighted by atomic mass is 16.5. The van der Waals surface area contributed by atoms with E-state index in [4.69, 9.17) is 15.7 Å². The van der Waals surface area contributed by atoms with E-state index in [1.54, 1.807) is 18.2 Å². The minimum atomic E-state index is -0.0275. The molecule has 3 N–H and O–H groups in total. The third kappa shape index (κ3) is 2.91. The maximum atomic E-state index is 12.3. The monoisotopic (exact) mass is 273 g/mol. The van der Waals surface area contributed by atoms with Gasteiger partial charge in [-0.25, -0.2) is 0 Å². The van der Waals surface area contributed by atoms with Crippen LogP contribution < -0.4 is 15.8 Å². The van der Waals surface area contributed by atoms with Gasteiger partial charge in [0.25, 0.3) is 0 Å². The molecule has 106 valence electrons. The average Bonchev–Trinajstić information content (AvgIpc) is 2.96. The third-order valence-electron chi connectivity index (χ3n) is 3.89. The first-order valence-electron chi connectivity index (χ1n) is 6.78. The number of methoxy groups -OCH3 is 1. The van der Waals surface area contributed by atoms with Gasteiger partial charge >= 0.3 is 0 Å². The molecule has 1 aromatic carbocycles. The molecule has 1 aliphatic carbocycles. The Kier molecular flexibility index (Phi) is 4.59. The summed E-state index contributed by atoms with van der Waals surface area (Å²) in [7, 11) is 1.52. The van der Waals surface area contributed by atoms with Crippen molar-refractivity contribution in [2.75, 3.05) is 19.0 Å². The smallest absolute Gasteiger partial charge is 0.227 e. The lowest BCUT2D eigenvalue weighted by Gasteiger charge is -2.18. The van der Waals surface area contributed by atoms with Gasteiger partial charge in [0.05, 0.1) is 24.4 Å². The van der Waals surface area contributed by atoms with Gasteiger partial charge in [0, 0.05) is 12.0 Å². The lowest BCUT2D eigenvalue weighted by atomic mass is 9.95. The predicted molar refractivity (Wildman–Crippen MR) is 76.2 cm³/mol. The van der Waals surface area contributed by atoms with Gasteiger partial charge in [-0.05, 0) is 37.4 Å². The van der Waals surface area contributed by atoms with Crippen LogP contribution in [0.1, 0.15) is 24.8 Å². The lowest BCUT2D eigenvalue weighted by Crippen LogP contribution is -2.29. The zero-order chi connectivity index (χ0) is 14.5. The van der Waals surface area contributed by atoms with E-state index in [-0.39, 0.29) is 17.7 Å². The summed E-state index contributed by atoms with van der Waals surface area (Å²) in [6.07, 6.45) is 2.94. The number of carbonyl (C=O) groups is 1. The molecule has 2 unspecified atom stereocenters. The normalized spacial score (nSPS) is 21.2. The second-order valence-corrected chi connectivity index (χ2v) is 5.05. The van der Waals surface area contributed by atoms with E-state index < -0.39 is 0 Å². The standard InChI is InChI=1S/C15H19N3O2/c1-20-14-7-10(8-16)5-6-13(14)18-15(19)12-4-2-3-11(12)9-17/h5-7,11-12H,2-4,9,17H2,1H3,(H,18,19). The van der Waals surface area contributed by atoms with Crippen LogP contribution in [-0.2, 0) is 4.79 Å². The van der Waals surface area contributed by atoms with Crippen LogP contribution in [0.15, 0.2) is 18.2 Å². The van der Waals surface area contributed by atoms with Crippen LogP contribution in [0.4, 0.5) is 5.69 Å². The lowest BCUT2D eigenvalue weighted by molar-refractivity contribution is -0.120. The van der Waals surface area contributed by atoms with E-state index in [0.29, 0.717) is 23.5 Å². The molecule has 20 heavy (non-hydrogen) atoms. The highest BCUT2D eigenvalue weighted by Gasteiger charge is 2.32. The summed E-state index contributed by atoms with van der Waals surface area (Å²) in [5.41, 5.74) is 6.81. The van der Waals surface area contributed by atoms with Crippen molar-refractivity contribution >= 4 is 11.6 Å². The molecule has 1 aliphatic rings. The maximum Gasteiger partial charge on any atom is 0.227 e. The van der Waals surface area contributed by atoms with Crippen molar-refractivity contribution < 1.29 is 9.53 Å². The molecular formula is C15H19N3O2. The molecule has 2 rings (SSSR count). The zero-order valence-corrected chi connectivity index (χ0v) is 11.6. The highest BCUT2D eigenvalue weighted by Crippen LogP contribution is 2.33. The van der Waals surface area contributed by atoms with Crippen LogP contribution in [0.25, 0.3) is 0 Å². The molecule has 1 fully saturated rings. The third-order valence-corrected chi connectivity index (χ3v) is 3.89. The van der Waals surface area contributed by atoms with Gasteiger partial charge in [0.1, 0.15) is 5.75 Å². The highest BCUT2D eigenvalue weighted by molar-refractivity contribution is 5.94. The fourth-order valence-electron chi connectivity index (χ4n) is 2.75. The molecule has 5 heteroatoms. The fourth-order valence-corrected chi connectivity index (χ4v) is 2.75. The van der Waals surface area contributed by atoms with Gasteiger partial charge in [-0.2, -0.15) is 5.26 Å². The average molecular weight is 273 g/mol. The molecule has 0 aromatic heterocycles. The van der Waals surface area contributed by atoms with Crippen molar-refractivity contribution in [3.8, 4) is 11.8 Å². The van der Waals surface area contributed by atoms with Crippen LogP contribution in [0.3, 0.4) is 0 Å². The molecule has 0 saturated heterocycles. The Morgan fingerprint density at radius 1 is 1.55 bits per heavy atom. The van der Waals surface area contributed by atoms with Gasteiger partial charge < -0.3 is 15.8 Å². The molecule has 2 atom stereocenters. The number of amides is 1. The molecule has 5 nitrogen and oxygen atoms in total. The topological polar surface area (TPSA) is 88.1 Å². The summed E-state index contributed by atoms with van der Waals surface area (Å²) < 4.78 is 5.21.